The number of carboxylic acid groups (broad SMARTS) is 1. The zero-order chi connectivity index (χ0) is 15.3. The Morgan fingerprint density at radius 3 is 2.60 bits per heavy atom. The second kappa shape index (κ2) is 6.31. The summed E-state index contributed by atoms with van der Waals surface area (Å²) >= 11 is 0. The van der Waals surface area contributed by atoms with Crippen LogP contribution in [0, 0.1) is 0 Å². The first kappa shape index (κ1) is 15.9. The van der Waals surface area contributed by atoms with Crippen LogP contribution >= 0.6 is 0 Å². The van der Waals surface area contributed by atoms with Crippen molar-refractivity contribution in [2.75, 3.05) is 0 Å². The van der Waals surface area contributed by atoms with Gasteiger partial charge < -0.3 is 10.4 Å². The highest BCUT2D eigenvalue weighted by molar-refractivity contribution is 5.92. The zero-order valence-corrected chi connectivity index (χ0v) is 11.8. The van der Waals surface area contributed by atoms with Crippen LogP contribution in [0.2, 0.25) is 0 Å². The van der Waals surface area contributed by atoms with Crippen LogP contribution in [0.3, 0.4) is 0 Å². The van der Waals surface area contributed by atoms with Crippen molar-refractivity contribution in [3.8, 4) is 0 Å². The molecule has 7 nitrogen and oxygen atoms in total. The summed E-state index contributed by atoms with van der Waals surface area (Å²) < 4.78 is 1.22. The van der Waals surface area contributed by atoms with Crippen LogP contribution < -0.4 is 10.9 Å². The van der Waals surface area contributed by atoms with Crippen LogP contribution in [0.15, 0.2) is 16.9 Å². The number of carbonyl (C=O) groups is 2. The number of hydrogen-bond acceptors (Lipinski definition) is 4. The fourth-order valence-corrected chi connectivity index (χ4v) is 1.74. The minimum atomic E-state index is -1.00. The number of aryl methyl sites for hydroxylation is 1. The maximum Gasteiger partial charge on any atom is 0.305 e. The second-order valence-corrected chi connectivity index (χ2v) is 5.19. The molecule has 110 valence electrons. The molecule has 0 aliphatic rings. The van der Waals surface area contributed by atoms with Gasteiger partial charge in [0.1, 0.15) is 5.69 Å². The van der Waals surface area contributed by atoms with Gasteiger partial charge in [0.15, 0.2) is 0 Å². The Balaban J connectivity index is 2.90. The second-order valence-electron chi connectivity index (χ2n) is 5.19. The number of amides is 1. The van der Waals surface area contributed by atoms with E-state index in [9.17, 15) is 14.4 Å². The van der Waals surface area contributed by atoms with Gasteiger partial charge in [-0.05, 0) is 26.3 Å². The van der Waals surface area contributed by atoms with Crippen molar-refractivity contribution in [1.82, 2.24) is 15.1 Å². The molecular weight excluding hydrogens is 262 g/mol. The van der Waals surface area contributed by atoms with Gasteiger partial charge in [0, 0.05) is 18.2 Å². The van der Waals surface area contributed by atoms with E-state index in [0.717, 1.165) is 6.42 Å². The lowest BCUT2D eigenvalue weighted by molar-refractivity contribution is -0.138. The Morgan fingerprint density at radius 1 is 1.40 bits per heavy atom. The quantitative estimate of drug-likeness (QED) is 0.796. The van der Waals surface area contributed by atoms with E-state index in [1.54, 1.807) is 13.8 Å². The van der Waals surface area contributed by atoms with Gasteiger partial charge >= 0.3 is 5.97 Å². The lowest BCUT2D eigenvalue weighted by Gasteiger charge is -2.24. The smallest absolute Gasteiger partial charge is 0.305 e. The lowest BCUT2D eigenvalue weighted by atomic mass is 10.0. The van der Waals surface area contributed by atoms with E-state index in [0.29, 0.717) is 6.54 Å². The van der Waals surface area contributed by atoms with Crippen molar-refractivity contribution in [3.63, 3.8) is 0 Å². The maximum absolute atomic E-state index is 12.0. The zero-order valence-electron chi connectivity index (χ0n) is 11.8. The molecule has 1 heterocycles. The molecule has 1 aromatic heterocycles. The van der Waals surface area contributed by atoms with Gasteiger partial charge in [-0.25, -0.2) is 4.68 Å². The number of nitrogens with zero attached hydrogens (tertiary/aromatic N) is 2. The molecule has 0 atom stereocenters. The van der Waals surface area contributed by atoms with Gasteiger partial charge in [-0.15, -0.1) is 0 Å². The van der Waals surface area contributed by atoms with Gasteiger partial charge in [0.2, 0.25) is 0 Å². The Hall–Kier alpha value is -2.18. The average molecular weight is 281 g/mol. The van der Waals surface area contributed by atoms with E-state index >= 15 is 0 Å². The first-order chi connectivity index (χ1) is 9.25. The SMILES string of the molecule is CCCn1nc(C(=O)NC(C)(C)CC(=O)O)ccc1=O. The molecule has 0 bridgehead atoms. The number of carboxylic acids is 1. The largest absolute Gasteiger partial charge is 0.481 e. The Labute approximate surface area is 116 Å². The summed E-state index contributed by atoms with van der Waals surface area (Å²) in [6.07, 6.45) is 0.524. The minimum Gasteiger partial charge on any atom is -0.481 e. The monoisotopic (exact) mass is 281 g/mol. The van der Waals surface area contributed by atoms with E-state index in [1.807, 2.05) is 6.92 Å². The molecule has 0 saturated heterocycles. The Bertz CT molecular complexity index is 563. The molecule has 0 saturated carbocycles. The van der Waals surface area contributed by atoms with Gasteiger partial charge in [0.05, 0.1) is 6.42 Å². The third-order valence-electron chi connectivity index (χ3n) is 2.58. The van der Waals surface area contributed by atoms with E-state index in [1.165, 1.54) is 16.8 Å². The van der Waals surface area contributed by atoms with Crippen LogP contribution in [0.4, 0.5) is 0 Å². The van der Waals surface area contributed by atoms with E-state index < -0.39 is 17.4 Å². The topological polar surface area (TPSA) is 101 Å². The number of carbonyl (C=O) groups excluding carboxylic acids is 1. The summed E-state index contributed by atoms with van der Waals surface area (Å²) in [5.41, 5.74) is -1.07. The molecule has 0 aliphatic carbocycles. The van der Waals surface area contributed by atoms with Crippen molar-refractivity contribution in [2.45, 2.75) is 45.7 Å². The van der Waals surface area contributed by atoms with Gasteiger partial charge in [0.25, 0.3) is 11.5 Å². The minimum absolute atomic E-state index is 0.0940. The van der Waals surface area contributed by atoms with Crippen LogP contribution in [-0.4, -0.2) is 32.3 Å². The van der Waals surface area contributed by atoms with E-state index in [4.69, 9.17) is 5.11 Å². The lowest BCUT2D eigenvalue weighted by Crippen LogP contribution is -2.45. The highest BCUT2D eigenvalue weighted by atomic mass is 16.4. The maximum atomic E-state index is 12.0. The number of aliphatic carboxylic acids is 1. The molecule has 0 spiro atoms. The van der Waals surface area contributed by atoms with Crippen molar-refractivity contribution in [3.05, 3.63) is 28.2 Å². The van der Waals surface area contributed by atoms with Crippen LogP contribution in [0.1, 0.15) is 44.1 Å². The average Bonchev–Trinajstić information content (AvgIpc) is 2.29. The first-order valence-corrected chi connectivity index (χ1v) is 6.37. The summed E-state index contributed by atoms with van der Waals surface area (Å²) in [7, 11) is 0. The standard InChI is InChI=1S/C13H19N3O4/c1-4-7-16-10(17)6-5-9(15-16)12(20)14-13(2,3)8-11(18)19/h5-6H,4,7-8H2,1-3H3,(H,14,20)(H,18,19). The van der Waals surface area contributed by atoms with Gasteiger partial charge in [-0.1, -0.05) is 6.92 Å². The van der Waals surface area contributed by atoms with E-state index in [-0.39, 0.29) is 17.7 Å². The van der Waals surface area contributed by atoms with Gasteiger partial charge in [-0.3, -0.25) is 14.4 Å². The van der Waals surface area contributed by atoms with Crippen LogP contribution in [-0.2, 0) is 11.3 Å². The molecule has 1 amide bonds. The third-order valence-corrected chi connectivity index (χ3v) is 2.58. The molecule has 0 aliphatic heterocycles. The molecule has 2 N–H and O–H groups in total. The molecule has 0 fully saturated rings. The number of aromatic nitrogens is 2. The molecule has 0 unspecified atom stereocenters. The van der Waals surface area contributed by atoms with Crippen molar-refractivity contribution < 1.29 is 14.7 Å². The molecule has 20 heavy (non-hydrogen) atoms. The number of hydrogen-bond donors (Lipinski definition) is 2. The third kappa shape index (κ3) is 4.49. The molecule has 0 aromatic carbocycles. The van der Waals surface area contributed by atoms with Crippen molar-refractivity contribution in [1.29, 1.82) is 0 Å². The van der Waals surface area contributed by atoms with E-state index in [2.05, 4.69) is 10.4 Å². The summed E-state index contributed by atoms with van der Waals surface area (Å²) in [4.78, 5) is 34.2. The Kier molecular flexibility index (Phi) is 5.01. The highest BCUT2D eigenvalue weighted by Crippen LogP contribution is 2.09. The molecule has 0 radical (unpaired) electrons. The molecule has 1 aromatic rings. The predicted molar refractivity (Wildman–Crippen MR) is 72.6 cm³/mol. The highest BCUT2D eigenvalue weighted by Gasteiger charge is 2.25. The van der Waals surface area contributed by atoms with Crippen molar-refractivity contribution >= 4 is 11.9 Å². The summed E-state index contributed by atoms with van der Waals surface area (Å²) in [5, 5.41) is 15.3. The summed E-state index contributed by atoms with van der Waals surface area (Å²) in [5.74, 6) is -1.50. The van der Waals surface area contributed by atoms with Crippen molar-refractivity contribution in [2.24, 2.45) is 0 Å². The number of rotatable bonds is 6. The van der Waals surface area contributed by atoms with Crippen LogP contribution in [0.5, 0.6) is 0 Å². The molecule has 1 rings (SSSR count). The number of nitrogens with one attached hydrogen (secondary N) is 1. The first-order valence-electron chi connectivity index (χ1n) is 6.37. The summed E-state index contributed by atoms with van der Waals surface area (Å²) in [6.45, 7) is 5.55. The van der Waals surface area contributed by atoms with Crippen LogP contribution in [0.25, 0.3) is 0 Å². The molecule has 7 heteroatoms. The fraction of sp³-hybridized carbons (Fsp3) is 0.538. The molecular formula is C13H19N3O4. The summed E-state index contributed by atoms with van der Waals surface area (Å²) in [6, 6.07) is 2.61. The predicted octanol–water partition coefficient (Wildman–Crippen LogP) is 0.636. The Morgan fingerprint density at radius 2 is 2.05 bits per heavy atom. The normalized spacial score (nSPS) is 11.2. The van der Waals surface area contributed by atoms with Gasteiger partial charge in [-0.2, -0.15) is 5.10 Å². The fourth-order valence-electron chi connectivity index (χ4n) is 1.74.